The van der Waals surface area contributed by atoms with Crippen molar-refractivity contribution in [2.75, 3.05) is 6.61 Å². The Hall–Kier alpha value is -1.90. The van der Waals surface area contributed by atoms with Gasteiger partial charge in [-0.1, -0.05) is 18.2 Å². The highest BCUT2D eigenvalue weighted by atomic mass is 32.2. The molecular formula is C13H11NO5S2. The molecule has 0 saturated carbocycles. The number of thiophene rings is 1. The highest BCUT2D eigenvalue weighted by molar-refractivity contribution is 7.89. The van der Waals surface area contributed by atoms with Gasteiger partial charge in [-0.15, -0.1) is 11.3 Å². The molecule has 6 nitrogen and oxygen atoms in total. The molecule has 1 aliphatic rings. The van der Waals surface area contributed by atoms with Crippen molar-refractivity contribution in [2.45, 2.75) is 10.9 Å². The van der Waals surface area contributed by atoms with Gasteiger partial charge in [0.2, 0.25) is 10.0 Å². The quantitative estimate of drug-likeness (QED) is 0.895. The topological polar surface area (TPSA) is 92.7 Å². The number of aromatic carboxylic acids is 1. The number of rotatable bonds is 4. The molecule has 1 aromatic heterocycles. The van der Waals surface area contributed by atoms with Gasteiger partial charge in [0.25, 0.3) is 0 Å². The molecular weight excluding hydrogens is 314 g/mol. The Balaban J connectivity index is 1.85. The molecule has 0 bridgehead atoms. The van der Waals surface area contributed by atoms with Gasteiger partial charge in [-0.05, 0) is 12.1 Å². The fraction of sp³-hybridized carbons (Fsp3) is 0.154. The second-order valence-electron chi connectivity index (χ2n) is 4.47. The SMILES string of the molecule is O=C(O)c1cc(S(=O)(=O)NC2COc3ccccc32)cs1. The lowest BCUT2D eigenvalue weighted by molar-refractivity contribution is 0.0702. The van der Waals surface area contributed by atoms with Crippen LogP contribution in [0.2, 0.25) is 0 Å². The molecule has 1 aromatic carbocycles. The number of carbonyl (C=O) groups is 1. The molecule has 2 heterocycles. The van der Waals surface area contributed by atoms with Crippen molar-refractivity contribution in [3.05, 3.63) is 46.2 Å². The molecule has 2 aromatic rings. The molecule has 3 rings (SSSR count). The van der Waals surface area contributed by atoms with Gasteiger partial charge in [0, 0.05) is 10.9 Å². The predicted molar refractivity (Wildman–Crippen MR) is 76.3 cm³/mol. The largest absolute Gasteiger partial charge is 0.491 e. The van der Waals surface area contributed by atoms with Crippen molar-refractivity contribution in [3.8, 4) is 5.75 Å². The maximum Gasteiger partial charge on any atom is 0.345 e. The molecule has 2 N–H and O–H groups in total. The number of sulfonamides is 1. The van der Waals surface area contributed by atoms with Crippen LogP contribution in [0.3, 0.4) is 0 Å². The molecule has 0 fully saturated rings. The molecule has 0 saturated heterocycles. The van der Waals surface area contributed by atoms with E-state index in [-0.39, 0.29) is 16.4 Å². The zero-order valence-electron chi connectivity index (χ0n) is 10.6. The van der Waals surface area contributed by atoms with E-state index in [1.165, 1.54) is 5.38 Å². The number of carboxylic acids is 1. The number of benzene rings is 1. The zero-order valence-corrected chi connectivity index (χ0v) is 12.3. The second-order valence-corrected chi connectivity index (χ2v) is 7.10. The Bertz CT molecular complexity index is 796. The molecule has 21 heavy (non-hydrogen) atoms. The molecule has 1 unspecified atom stereocenters. The minimum atomic E-state index is -3.78. The third-order valence-corrected chi connectivity index (χ3v) is 5.61. The summed E-state index contributed by atoms with van der Waals surface area (Å²) < 4.78 is 32.5. The highest BCUT2D eigenvalue weighted by Crippen LogP contribution is 2.33. The molecule has 0 radical (unpaired) electrons. The Morgan fingerprint density at radius 1 is 1.38 bits per heavy atom. The standard InChI is InChI=1S/C13H11NO5S2/c15-13(16)12-5-8(7-20-12)21(17,18)14-10-6-19-11-4-2-1-3-9(10)11/h1-5,7,10,14H,6H2,(H,15,16). The Morgan fingerprint density at radius 3 is 2.86 bits per heavy atom. The fourth-order valence-electron chi connectivity index (χ4n) is 2.09. The summed E-state index contributed by atoms with van der Waals surface area (Å²) in [4.78, 5) is 10.8. The molecule has 0 amide bonds. The Labute approximate surface area is 125 Å². The summed E-state index contributed by atoms with van der Waals surface area (Å²) in [5.41, 5.74) is 0.773. The van der Waals surface area contributed by atoms with Gasteiger partial charge in [-0.25, -0.2) is 17.9 Å². The van der Waals surface area contributed by atoms with Crippen LogP contribution in [-0.2, 0) is 10.0 Å². The van der Waals surface area contributed by atoms with Crippen molar-refractivity contribution in [2.24, 2.45) is 0 Å². The summed E-state index contributed by atoms with van der Waals surface area (Å²) in [6.45, 7) is 0.217. The number of hydrogen-bond donors (Lipinski definition) is 2. The van der Waals surface area contributed by atoms with Crippen molar-refractivity contribution < 1.29 is 23.1 Å². The number of para-hydroxylation sites is 1. The van der Waals surface area contributed by atoms with Crippen LogP contribution in [-0.4, -0.2) is 26.1 Å². The average molecular weight is 325 g/mol. The smallest absolute Gasteiger partial charge is 0.345 e. The molecule has 110 valence electrons. The summed E-state index contributed by atoms with van der Waals surface area (Å²) in [5.74, 6) is -0.488. The van der Waals surface area contributed by atoms with Crippen LogP contribution in [0.15, 0.2) is 40.6 Å². The van der Waals surface area contributed by atoms with Crippen LogP contribution in [0.25, 0.3) is 0 Å². The monoisotopic (exact) mass is 325 g/mol. The van der Waals surface area contributed by atoms with E-state index in [4.69, 9.17) is 9.84 Å². The van der Waals surface area contributed by atoms with E-state index in [0.29, 0.717) is 5.75 Å². The van der Waals surface area contributed by atoms with E-state index in [1.807, 2.05) is 12.1 Å². The normalized spacial score (nSPS) is 17.2. The van der Waals surface area contributed by atoms with Gasteiger partial charge in [0.05, 0.1) is 10.9 Å². The van der Waals surface area contributed by atoms with Gasteiger partial charge < -0.3 is 9.84 Å². The van der Waals surface area contributed by atoms with Crippen molar-refractivity contribution in [3.63, 3.8) is 0 Å². The summed E-state index contributed by atoms with van der Waals surface area (Å²) in [5, 5.41) is 10.2. The first-order chi connectivity index (χ1) is 9.97. The fourth-order valence-corrected chi connectivity index (χ4v) is 4.40. The average Bonchev–Trinajstić information content (AvgIpc) is 3.06. The Kier molecular flexibility index (Phi) is 3.44. The van der Waals surface area contributed by atoms with Crippen LogP contribution in [0.5, 0.6) is 5.75 Å². The number of ether oxygens (including phenoxy) is 1. The number of nitrogens with one attached hydrogen (secondary N) is 1. The van der Waals surface area contributed by atoms with E-state index >= 15 is 0 Å². The zero-order chi connectivity index (χ0) is 15.0. The molecule has 0 spiro atoms. The first-order valence-corrected chi connectivity index (χ1v) is 8.39. The first-order valence-electron chi connectivity index (χ1n) is 6.03. The molecule has 0 aliphatic carbocycles. The van der Waals surface area contributed by atoms with E-state index in [2.05, 4.69) is 4.72 Å². The molecule has 1 aliphatic heterocycles. The highest BCUT2D eigenvalue weighted by Gasteiger charge is 2.29. The van der Waals surface area contributed by atoms with Gasteiger partial charge in [-0.2, -0.15) is 0 Å². The van der Waals surface area contributed by atoms with Crippen molar-refractivity contribution in [1.29, 1.82) is 0 Å². The van der Waals surface area contributed by atoms with Crippen LogP contribution in [0, 0.1) is 0 Å². The molecule has 8 heteroatoms. The van der Waals surface area contributed by atoms with Crippen LogP contribution < -0.4 is 9.46 Å². The third-order valence-electron chi connectivity index (χ3n) is 3.09. The first kappa shape index (κ1) is 14.1. The summed E-state index contributed by atoms with van der Waals surface area (Å²) >= 11 is 0.878. The second kappa shape index (κ2) is 5.14. The maximum absolute atomic E-state index is 12.3. The number of hydrogen-bond acceptors (Lipinski definition) is 5. The van der Waals surface area contributed by atoms with Crippen molar-refractivity contribution >= 4 is 27.3 Å². The van der Waals surface area contributed by atoms with E-state index in [9.17, 15) is 13.2 Å². The number of carboxylic acid groups (broad SMARTS) is 1. The summed E-state index contributed by atoms with van der Waals surface area (Å²) in [7, 11) is -3.78. The van der Waals surface area contributed by atoms with Crippen LogP contribution in [0.1, 0.15) is 21.3 Å². The van der Waals surface area contributed by atoms with Gasteiger partial charge >= 0.3 is 5.97 Å². The van der Waals surface area contributed by atoms with Gasteiger partial charge in [0.1, 0.15) is 17.2 Å². The van der Waals surface area contributed by atoms with E-state index < -0.39 is 22.0 Å². The lowest BCUT2D eigenvalue weighted by Gasteiger charge is -2.11. The summed E-state index contributed by atoms with van der Waals surface area (Å²) in [6, 6.07) is 7.87. The lowest BCUT2D eigenvalue weighted by Crippen LogP contribution is -2.29. The van der Waals surface area contributed by atoms with Crippen molar-refractivity contribution in [1.82, 2.24) is 4.72 Å². The number of fused-ring (bicyclic) bond motifs is 1. The van der Waals surface area contributed by atoms with Crippen LogP contribution in [0.4, 0.5) is 0 Å². The minimum Gasteiger partial charge on any atom is -0.491 e. The Morgan fingerprint density at radius 2 is 2.14 bits per heavy atom. The third kappa shape index (κ3) is 2.65. The maximum atomic E-state index is 12.3. The van der Waals surface area contributed by atoms with E-state index in [0.717, 1.165) is 23.0 Å². The van der Waals surface area contributed by atoms with Gasteiger partial charge in [-0.3, -0.25) is 0 Å². The molecule has 1 atom stereocenters. The summed E-state index contributed by atoms with van der Waals surface area (Å²) in [6.07, 6.45) is 0. The van der Waals surface area contributed by atoms with E-state index in [1.54, 1.807) is 12.1 Å². The van der Waals surface area contributed by atoms with Crippen LogP contribution >= 0.6 is 11.3 Å². The predicted octanol–water partition coefficient (Wildman–Crippen LogP) is 1.86. The lowest BCUT2D eigenvalue weighted by atomic mass is 10.1. The van der Waals surface area contributed by atoms with Gasteiger partial charge in [0.15, 0.2) is 0 Å². The minimum absolute atomic E-state index is 0.0153.